The number of para-hydroxylation sites is 1. The molecule has 0 aliphatic carbocycles. The predicted octanol–water partition coefficient (Wildman–Crippen LogP) is 2.94. The minimum absolute atomic E-state index is 0.0579. The van der Waals surface area contributed by atoms with E-state index in [-0.39, 0.29) is 5.91 Å². The van der Waals surface area contributed by atoms with E-state index in [9.17, 15) is 4.79 Å². The van der Waals surface area contributed by atoms with Gasteiger partial charge in [-0.3, -0.25) is 4.79 Å². The van der Waals surface area contributed by atoms with Gasteiger partial charge in [-0.2, -0.15) is 4.68 Å². The number of fused-ring (bicyclic) bond motifs is 1. The Hall–Kier alpha value is -2.40. The highest BCUT2D eigenvalue weighted by Gasteiger charge is 2.10. The number of aromatic nitrogens is 3. The second-order valence-corrected chi connectivity index (χ2v) is 4.15. The van der Waals surface area contributed by atoms with Crippen LogP contribution in [0, 0.1) is 0 Å². The molecule has 7 nitrogen and oxygen atoms in total. The molecule has 0 aliphatic rings. The molecule has 0 spiro atoms. The lowest BCUT2D eigenvalue weighted by molar-refractivity contribution is 0.0886. The van der Waals surface area contributed by atoms with E-state index in [1.165, 1.54) is 4.68 Å². The highest BCUT2D eigenvalue weighted by Crippen LogP contribution is 2.11. The van der Waals surface area contributed by atoms with E-state index in [0.29, 0.717) is 13.0 Å². The van der Waals surface area contributed by atoms with E-state index in [1.54, 1.807) is 0 Å². The molecule has 98 valence electrons. The Labute approximate surface area is 109 Å². The summed E-state index contributed by atoms with van der Waals surface area (Å²) in [7, 11) is 0. The molecule has 1 aromatic heterocycles. The largest absolute Gasteiger partial charge is 0.273 e. The summed E-state index contributed by atoms with van der Waals surface area (Å²) in [5, 5.41) is 11.3. The summed E-state index contributed by atoms with van der Waals surface area (Å²) < 4.78 is 1.35. The first-order valence-electron chi connectivity index (χ1n) is 6.17. The zero-order valence-electron chi connectivity index (χ0n) is 10.4. The molecule has 1 aromatic carbocycles. The molecule has 7 heteroatoms. The highest BCUT2D eigenvalue weighted by molar-refractivity contribution is 5.88. The monoisotopic (exact) mass is 258 g/mol. The van der Waals surface area contributed by atoms with Gasteiger partial charge in [-0.25, -0.2) is 0 Å². The molecule has 2 aromatic rings. The van der Waals surface area contributed by atoms with Crippen LogP contribution in [0.5, 0.6) is 0 Å². The van der Waals surface area contributed by atoms with Crippen molar-refractivity contribution in [1.82, 2.24) is 15.0 Å². The first-order chi connectivity index (χ1) is 9.33. The number of nitrogens with zero attached hydrogens (tertiary/aromatic N) is 6. The van der Waals surface area contributed by atoms with E-state index in [0.717, 1.165) is 30.3 Å². The lowest BCUT2D eigenvalue weighted by atomic mass is 10.2. The van der Waals surface area contributed by atoms with E-state index < -0.39 is 0 Å². The molecule has 0 atom stereocenters. The fraction of sp³-hybridized carbons (Fsp3) is 0.417. The van der Waals surface area contributed by atoms with Gasteiger partial charge in [-0.1, -0.05) is 28.9 Å². The van der Waals surface area contributed by atoms with E-state index in [1.807, 2.05) is 24.3 Å². The zero-order chi connectivity index (χ0) is 13.5. The second-order valence-electron chi connectivity index (χ2n) is 4.15. The van der Waals surface area contributed by atoms with Gasteiger partial charge in [0.2, 0.25) is 5.91 Å². The molecule has 0 bridgehead atoms. The van der Waals surface area contributed by atoms with Crippen LogP contribution in [-0.2, 0) is 0 Å². The lowest BCUT2D eigenvalue weighted by Gasteiger charge is -2.00. The third kappa shape index (κ3) is 3.29. The molecule has 0 saturated heterocycles. The highest BCUT2D eigenvalue weighted by atomic mass is 16.2. The molecule has 1 heterocycles. The summed E-state index contributed by atoms with van der Waals surface area (Å²) in [5.74, 6) is -0.0579. The Morgan fingerprint density at radius 1 is 1.32 bits per heavy atom. The van der Waals surface area contributed by atoms with Gasteiger partial charge in [0.25, 0.3) is 0 Å². The number of carbonyl (C=O) groups excluding carboxylic acids is 1. The number of hydrogen-bond acceptors (Lipinski definition) is 4. The van der Waals surface area contributed by atoms with Crippen molar-refractivity contribution in [2.45, 2.75) is 25.7 Å². The summed E-state index contributed by atoms with van der Waals surface area (Å²) >= 11 is 0. The van der Waals surface area contributed by atoms with Gasteiger partial charge in [-0.15, -0.1) is 5.10 Å². The smallest absolute Gasteiger partial charge is 0.248 e. The maximum atomic E-state index is 12.0. The summed E-state index contributed by atoms with van der Waals surface area (Å²) in [6.07, 6.45) is 2.84. The molecule has 0 radical (unpaired) electrons. The first kappa shape index (κ1) is 13.0. The molecule has 19 heavy (non-hydrogen) atoms. The van der Waals surface area contributed by atoms with Crippen LogP contribution in [0.1, 0.15) is 30.5 Å². The average Bonchev–Trinajstić information content (AvgIpc) is 2.86. The van der Waals surface area contributed by atoms with E-state index in [2.05, 4.69) is 20.3 Å². The minimum atomic E-state index is -0.0579. The fourth-order valence-electron chi connectivity index (χ4n) is 1.84. The van der Waals surface area contributed by atoms with Crippen LogP contribution in [0.2, 0.25) is 0 Å². The number of rotatable bonds is 6. The number of hydrogen-bond donors (Lipinski definition) is 0. The van der Waals surface area contributed by atoms with Crippen LogP contribution in [0.25, 0.3) is 21.5 Å². The molecule has 0 N–H and O–H groups in total. The van der Waals surface area contributed by atoms with Gasteiger partial charge in [-0.05, 0) is 30.5 Å². The summed E-state index contributed by atoms with van der Waals surface area (Å²) in [6, 6.07) is 7.37. The minimum Gasteiger partial charge on any atom is -0.273 e. The number of azide groups is 1. The van der Waals surface area contributed by atoms with Gasteiger partial charge in [0.1, 0.15) is 5.52 Å². The normalized spacial score (nSPS) is 10.3. The number of carbonyl (C=O) groups is 1. The fourth-order valence-corrected chi connectivity index (χ4v) is 1.84. The Balaban J connectivity index is 1.88. The molecule has 0 amide bonds. The van der Waals surface area contributed by atoms with E-state index in [4.69, 9.17) is 5.53 Å². The van der Waals surface area contributed by atoms with Crippen LogP contribution in [0.3, 0.4) is 0 Å². The number of unbranched alkanes of at least 4 members (excludes halogenated alkanes) is 2. The quantitative estimate of drug-likeness (QED) is 0.345. The maximum absolute atomic E-state index is 12.0. The van der Waals surface area contributed by atoms with Crippen LogP contribution in [0.4, 0.5) is 0 Å². The van der Waals surface area contributed by atoms with Crippen molar-refractivity contribution < 1.29 is 4.79 Å². The van der Waals surface area contributed by atoms with Crippen LogP contribution in [-0.4, -0.2) is 27.4 Å². The van der Waals surface area contributed by atoms with Crippen molar-refractivity contribution in [1.29, 1.82) is 0 Å². The van der Waals surface area contributed by atoms with E-state index >= 15 is 0 Å². The molecule has 0 aliphatic heterocycles. The Morgan fingerprint density at radius 2 is 2.16 bits per heavy atom. The topological polar surface area (TPSA) is 96.5 Å². The maximum Gasteiger partial charge on any atom is 0.248 e. The standard InChI is InChI=1S/C12H14N6O/c13-16-14-9-5-1-2-8-12(19)18-11-7-4-3-6-10(11)15-17-18/h3-4,6-7H,1-2,5,8-9H2. The van der Waals surface area contributed by atoms with Gasteiger partial charge < -0.3 is 0 Å². The van der Waals surface area contributed by atoms with Gasteiger partial charge in [0, 0.05) is 17.9 Å². The number of benzene rings is 1. The van der Waals surface area contributed by atoms with Crippen molar-refractivity contribution in [3.63, 3.8) is 0 Å². The van der Waals surface area contributed by atoms with Crippen LogP contribution in [0.15, 0.2) is 29.4 Å². The molecule has 0 saturated carbocycles. The van der Waals surface area contributed by atoms with Gasteiger partial charge in [0.05, 0.1) is 5.52 Å². The van der Waals surface area contributed by atoms with Crippen molar-refractivity contribution >= 4 is 16.9 Å². The zero-order valence-corrected chi connectivity index (χ0v) is 10.4. The Bertz CT molecular complexity index is 613. The molecular weight excluding hydrogens is 244 g/mol. The summed E-state index contributed by atoms with van der Waals surface area (Å²) in [6.45, 7) is 0.483. The first-order valence-corrected chi connectivity index (χ1v) is 6.17. The Morgan fingerprint density at radius 3 is 3.00 bits per heavy atom. The molecule has 0 unspecified atom stereocenters. The van der Waals surface area contributed by atoms with Crippen molar-refractivity contribution in [3.8, 4) is 0 Å². The molecular formula is C12H14N6O. The lowest BCUT2D eigenvalue weighted by Crippen LogP contribution is -2.12. The second kappa shape index (κ2) is 6.51. The third-order valence-electron chi connectivity index (χ3n) is 2.80. The van der Waals surface area contributed by atoms with Gasteiger partial charge >= 0.3 is 0 Å². The third-order valence-corrected chi connectivity index (χ3v) is 2.80. The summed E-state index contributed by atoms with van der Waals surface area (Å²) in [4.78, 5) is 14.7. The predicted molar refractivity (Wildman–Crippen MR) is 70.6 cm³/mol. The SMILES string of the molecule is [N-]=[N+]=NCCCCCC(=O)n1nnc2ccccc21. The van der Waals surface area contributed by atoms with Crippen molar-refractivity contribution in [2.75, 3.05) is 6.54 Å². The van der Waals surface area contributed by atoms with Crippen LogP contribution >= 0.6 is 0 Å². The average molecular weight is 258 g/mol. The van der Waals surface area contributed by atoms with Crippen LogP contribution < -0.4 is 0 Å². The van der Waals surface area contributed by atoms with Crippen molar-refractivity contribution in [3.05, 3.63) is 34.7 Å². The molecule has 0 fully saturated rings. The van der Waals surface area contributed by atoms with Crippen molar-refractivity contribution in [2.24, 2.45) is 5.11 Å². The van der Waals surface area contributed by atoms with Gasteiger partial charge in [0.15, 0.2) is 0 Å². The molecule has 2 rings (SSSR count). The Kier molecular flexibility index (Phi) is 4.47. The summed E-state index contributed by atoms with van der Waals surface area (Å²) in [5.41, 5.74) is 9.58.